The molecule has 0 aliphatic heterocycles. The monoisotopic (exact) mass is 213 g/mol. The van der Waals surface area contributed by atoms with Crippen LogP contribution in [0.5, 0.6) is 0 Å². The van der Waals surface area contributed by atoms with Gasteiger partial charge in [-0.05, 0) is 10.3 Å². The van der Waals surface area contributed by atoms with Gasteiger partial charge in [0.05, 0.1) is 0 Å². The number of hydrogen-bond acceptors (Lipinski definition) is 6. The molecule has 0 unspecified atom stereocenters. The third kappa shape index (κ3) is 2.93. The molecule has 1 aromatic rings. The molecule has 0 aliphatic rings. The first-order valence-corrected chi connectivity index (χ1v) is 4.22. The van der Waals surface area contributed by atoms with Gasteiger partial charge in [0.2, 0.25) is 17.4 Å². The number of anilines is 1. The van der Waals surface area contributed by atoms with Crippen molar-refractivity contribution < 1.29 is 14.2 Å². The standard InChI is InChI=1S/C7H11N5O3/c1-9-4(13)2-3-10-7(14)5-6(8)12-15-11-5/h2-3H2,1H3,(H2,8,12)(H,9,13)(H,10,14). The predicted octanol–water partition coefficient (Wildman–Crippen LogP) is -1.48. The molecule has 0 saturated heterocycles. The average molecular weight is 213 g/mol. The van der Waals surface area contributed by atoms with Gasteiger partial charge in [-0.2, -0.15) is 0 Å². The van der Waals surface area contributed by atoms with E-state index < -0.39 is 5.91 Å². The summed E-state index contributed by atoms with van der Waals surface area (Å²) in [5.74, 6) is -0.758. The van der Waals surface area contributed by atoms with Gasteiger partial charge in [-0.25, -0.2) is 4.63 Å². The fourth-order valence-electron chi connectivity index (χ4n) is 0.851. The topological polar surface area (TPSA) is 123 Å². The normalized spacial score (nSPS) is 9.67. The Kier molecular flexibility index (Phi) is 3.61. The lowest BCUT2D eigenvalue weighted by atomic mass is 10.3. The van der Waals surface area contributed by atoms with E-state index >= 15 is 0 Å². The molecule has 1 heterocycles. The van der Waals surface area contributed by atoms with Gasteiger partial charge in [0.25, 0.3) is 5.91 Å². The Bertz CT molecular complexity index is 361. The minimum absolute atomic E-state index is 0.0764. The molecular formula is C7H11N5O3. The Morgan fingerprint density at radius 1 is 1.47 bits per heavy atom. The second kappa shape index (κ2) is 4.94. The van der Waals surface area contributed by atoms with Crippen LogP contribution in [0.3, 0.4) is 0 Å². The summed E-state index contributed by atoms with van der Waals surface area (Å²) in [5, 5.41) is 11.4. The number of carbonyl (C=O) groups excluding carboxylic acids is 2. The largest absolute Gasteiger partial charge is 0.379 e. The first kappa shape index (κ1) is 11.0. The van der Waals surface area contributed by atoms with Crippen molar-refractivity contribution in [1.29, 1.82) is 0 Å². The van der Waals surface area contributed by atoms with Crippen LogP contribution in [0.4, 0.5) is 5.82 Å². The van der Waals surface area contributed by atoms with Crippen molar-refractivity contribution in [3.8, 4) is 0 Å². The molecule has 0 saturated carbocycles. The van der Waals surface area contributed by atoms with E-state index in [9.17, 15) is 9.59 Å². The first-order valence-electron chi connectivity index (χ1n) is 4.22. The molecule has 0 aliphatic carbocycles. The number of nitrogens with zero attached hydrogens (tertiary/aromatic N) is 2. The second-order valence-corrected chi connectivity index (χ2v) is 2.68. The van der Waals surface area contributed by atoms with Gasteiger partial charge in [0.15, 0.2) is 0 Å². The van der Waals surface area contributed by atoms with Gasteiger partial charge in [0.1, 0.15) is 0 Å². The number of nitrogens with one attached hydrogen (secondary N) is 2. The molecule has 15 heavy (non-hydrogen) atoms. The SMILES string of the molecule is CNC(=O)CCNC(=O)c1nonc1N. The van der Waals surface area contributed by atoms with Gasteiger partial charge < -0.3 is 16.4 Å². The summed E-state index contributed by atoms with van der Waals surface area (Å²) in [6, 6.07) is 0. The second-order valence-electron chi connectivity index (χ2n) is 2.68. The molecule has 0 bridgehead atoms. The summed E-state index contributed by atoms with van der Waals surface area (Å²) < 4.78 is 4.25. The quantitative estimate of drug-likeness (QED) is 0.560. The van der Waals surface area contributed by atoms with Crippen LogP contribution in [0.2, 0.25) is 0 Å². The van der Waals surface area contributed by atoms with Crippen molar-refractivity contribution in [2.75, 3.05) is 19.3 Å². The van der Waals surface area contributed by atoms with Crippen LogP contribution in [0.25, 0.3) is 0 Å². The van der Waals surface area contributed by atoms with Crippen LogP contribution in [0.15, 0.2) is 4.63 Å². The highest BCUT2D eigenvalue weighted by molar-refractivity contribution is 5.96. The number of carbonyl (C=O) groups is 2. The molecule has 0 atom stereocenters. The van der Waals surface area contributed by atoms with Gasteiger partial charge in [-0.3, -0.25) is 9.59 Å². The van der Waals surface area contributed by atoms with Crippen LogP contribution in [0, 0.1) is 0 Å². The third-order valence-electron chi connectivity index (χ3n) is 1.65. The number of hydrogen-bond donors (Lipinski definition) is 3. The number of amides is 2. The first-order chi connectivity index (χ1) is 7.15. The van der Waals surface area contributed by atoms with E-state index in [4.69, 9.17) is 5.73 Å². The summed E-state index contributed by atoms with van der Waals surface area (Å²) in [6.45, 7) is 0.199. The predicted molar refractivity (Wildman–Crippen MR) is 49.7 cm³/mol. The molecule has 2 amide bonds. The Labute approximate surface area is 85.2 Å². The lowest BCUT2D eigenvalue weighted by Gasteiger charge is -2.01. The highest BCUT2D eigenvalue weighted by Crippen LogP contribution is 2.02. The highest BCUT2D eigenvalue weighted by atomic mass is 16.6. The van der Waals surface area contributed by atoms with E-state index in [1.807, 2.05) is 0 Å². The molecule has 1 aromatic heterocycles. The highest BCUT2D eigenvalue weighted by Gasteiger charge is 2.15. The lowest BCUT2D eigenvalue weighted by molar-refractivity contribution is -0.120. The summed E-state index contributed by atoms with van der Waals surface area (Å²) in [4.78, 5) is 22.1. The summed E-state index contributed by atoms with van der Waals surface area (Å²) in [5.41, 5.74) is 5.21. The van der Waals surface area contributed by atoms with E-state index in [0.29, 0.717) is 0 Å². The van der Waals surface area contributed by atoms with E-state index in [-0.39, 0.29) is 30.4 Å². The average Bonchev–Trinajstić information content (AvgIpc) is 2.64. The van der Waals surface area contributed by atoms with E-state index in [2.05, 4.69) is 25.6 Å². The molecule has 0 aromatic carbocycles. The summed E-state index contributed by atoms with van der Waals surface area (Å²) in [7, 11) is 1.52. The molecule has 1 rings (SSSR count). The van der Waals surface area contributed by atoms with Crippen LogP contribution in [-0.2, 0) is 4.79 Å². The van der Waals surface area contributed by atoms with Crippen molar-refractivity contribution >= 4 is 17.6 Å². The number of nitrogen functional groups attached to an aromatic ring is 1. The number of rotatable bonds is 4. The zero-order chi connectivity index (χ0) is 11.3. The molecule has 8 heteroatoms. The molecule has 0 fully saturated rings. The van der Waals surface area contributed by atoms with E-state index in [1.165, 1.54) is 7.05 Å². The minimum Gasteiger partial charge on any atom is -0.379 e. The zero-order valence-electron chi connectivity index (χ0n) is 8.11. The van der Waals surface area contributed by atoms with E-state index in [0.717, 1.165) is 0 Å². The Morgan fingerprint density at radius 3 is 2.73 bits per heavy atom. The molecular weight excluding hydrogens is 202 g/mol. The molecule has 8 nitrogen and oxygen atoms in total. The third-order valence-corrected chi connectivity index (χ3v) is 1.65. The molecule has 0 radical (unpaired) electrons. The van der Waals surface area contributed by atoms with Crippen LogP contribution < -0.4 is 16.4 Å². The minimum atomic E-state index is -0.516. The maximum absolute atomic E-state index is 11.3. The summed E-state index contributed by atoms with van der Waals surface area (Å²) >= 11 is 0. The lowest BCUT2D eigenvalue weighted by Crippen LogP contribution is -2.29. The van der Waals surface area contributed by atoms with Crippen LogP contribution in [0.1, 0.15) is 16.9 Å². The van der Waals surface area contributed by atoms with Crippen molar-refractivity contribution in [3.63, 3.8) is 0 Å². The van der Waals surface area contributed by atoms with Gasteiger partial charge in [-0.1, -0.05) is 0 Å². The van der Waals surface area contributed by atoms with Crippen molar-refractivity contribution in [2.45, 2.75) is 6.42 Å². The maximum Gasteiger partial charge on any atom is 0.277 e. The Hall–Kier alpha value is -2.12. The van der Waals surface area contributed by atoms with Gasteiger partial charge in [-0.15, -0.1) is 0 Å². The van der Waals surface area contributed by atoms with Gasteiger partial charge >= 0.3 is 0 Å². The maximum atomic E-state index is 11.3. The molecule has 82 valence electrons. The van der Waals surface area contributed by atoms with Crippen LogP contribution >= 0.6 is 0 Å². The van der Waals surface area contributed by atoms with E-state index in [1.54, 1.807) is 0 Å². The fourth-order valence-corrected chi connectivity index (χ4v) is 0.851. The Balaban J connectivity index is 2.38. The summed E-state index contributed by atoms with van der Waals surface area (Å²) in [6.07, 6.45) is 0.188. The van der Waals surface area contributed by atoms with Crippen molar-refractivity contribution in [3.05, 3.63) is 5.69 Å². The smallest absolute Gasteiger partial charge is 0.277 e. The number of aromatic nitrogens is 2. The zero-order valence-corrected chi connectivity index (χ0v) is 8.11. The fraction of sp³-hybridized carbons (Fsp3) is 0.429. The molecule has 0 spiro atoms. The van der Waals surface area contributed by atoms with Crippen molar-refractivity contribution in [1.82, 2.24) is 20.9 Å². The van der Waals surface area contributed by atoms with Crippen molar-refractivity contribution in [2.24, 2.45) is 0 Å². The van der Waals surface area contributed by atoms with Crippen LogP contribution in [-0.4, -0.2) is 35.7 Å². The Morgan fingerprint density at radius 2 is 2.20 bits per heavy atom. The molecule has 4 N–H and O–H groups in total. The number of nitrogens with two attached hydrogens (primary N) is 1. The van der Waals surface area contributed by atoms with Gasteiger partial charge in [0, 0.05) is 20.0 Å².